The fraction of sp³-hybridized carbons (Fsp3) is 0. The van der Waals surface area contributed by atoms with Gasteiger partial charge >= 0.3 is 0 Å². The summed E-state index contributed by atoms with van der Waals surface area (Å²) in [6.07, 6.45) is 1.63. The van der Waals surface area contributed by atoms with Gasteiger partial charge < -0.3 is 4.98 Å². The molecule has 0 bridgehead atoms. The molecule has 23 heavy (non-hydrogen) atoms. The summed E-state index contributed by atoms with van der Waals surface area (Å²) < 4.78 is 13.9. The maximum atomic E-state index is 13.9. The molecular formula is C18H11ClFN3. The number of H-pyrrole nitrogens is 1. The molecule has 0 amide bonds. The Morgan fingerprint density at radius 3 is 2.65 bits per heavy atom. The van der Waals surface area contributed by atoms with Crippen molar-refractivity contribution in [2.75, 3.05) is 0 Å². The summed E-state index contributed by atoms with van der Waals surface area (Å²) in [5.41, 5.74) is 3.43. The van der Waals surface area contributed by atoms with Crippen molar-refractivity contribution in [2.45, 2.75) is 0 Å². The van der Waals surface area contributed by atoms with Crippen LogP contribution in [-0.2, 0) is 0 Å². The van der Waals surface area contributed by atoms with Gasteiger partial charge in [0.1, 0.15) is 11.6 Å². The Morgan fingerprint density at radius 1 is 0.957 bits per heavy atom. The number of rotatable bonds is 2. The van der Waals surface area contributed by atoms with Crippen LogP contribution in [0.25, 0.3) is 33.7 Å². The Bertz CT molecular complexity index is 1010. The van der Waals surface area contributed by atoms with Crippen LogP contribution in [0.5, 0.6) is 0 Å². The molecule has 3 nitrogen and oxygen atoms in total. The van der Waals surface area contributed by atoms with Crippen molar-refractivity contribution in [3.8, 4) is 22.5 Å². The van der Waals surface area contributed by atoms with Crippen LogP contribution in [0.4, 0.5) is 4.39 Å². The predicted molar refractivity (Wildman–Crippen MR) is 89.7 cm³/mol. The number of nitrogens with one attached hydrogen (secondary N) is 1. The van der Waals surface area contributed by atoms with E-state index in [1.54, 1.807) is 24.4 Å². The number of aromatic nitrogens is 3. The highest BCUT2D eigenvalue weighted by Crippen LogP contribution is 2.26. The number of fused-ring (bicyclic) bond motifs is 1. The first kappa shape index (κ1) is 13.9. The lowest BCUT2D eigenvalue weighted by atomic mass is 10.1. The van der Waals surface area contributed by atoms with Gasteiger partial charge in [0.15, 0.2) is 5.65 Å². The van der Waals surface area contributed by atoms with Gasteiger partial charge in [-0.25, -0.2) is 14.4 Å². The molecule has 2 heterocycles. The first-order valence-corrected chi connectivity index (χ1v) is 7.45. The third kappa shape index (κ3) is 2.58. The van der Waals surface area contributed by atoms with Crippen molar-refractivity contribution in [3.63, 3.8) is 0 Å². The van der Waals surface area contributed by atoms with Crippen molar-refractivity contribution in [2.24, 2.45) is 0 Å². The topological polar surface area (TPSA) is 41.6 Å². The van der Waals surface area contributed by atoms with Gasteiger partial charge in [0, 0.05) is 27.9 Å². The van der Waals surface area contributed by atoms with Gasteiger partial charge in [0.2, 0.25) is 0 Å². The van der Waals surface area contributed by atoms with Crippen LogP contribution in [0.15, 0.2) is 60.8 Å². The molecule has 5 heteroatoms. The van der Waals surface area contributed by atoms with E-state index < -0.39 is 0 Å². The van der Waals surface area contributed by atoms with Gasteiger partial charge in [-0.05, 0) is 24.3 Å². The van der Waals surface area contributed by atoms with Gasteiger partial charge in [-0.15, -0.1) is 0 Å². The normalized spacial score (nSPS) is 11.0. The Morgan fingerprint density at radius 2 is 1.83 bits per heavy atom. The number of nitrogens with zero attached hydrogens (tertiary/aromatic N) is 2. The van der Waals surface area contributed by atoms with Crippen molar-refractivity contribution in [1.29, 1.82) is 0 Å². The number of hydrogen-bond donors (Lipinski definition) is 1. The van der Waals surface area contributed by atoms with E-state index in [-0.39, 0.29) is 5.82 Å². The van der Waals surface area contributed by atoms with Crippen molar-refractivity contribution >= 4 is 22.8 Å². The van der Waals surface area contributed by atoms with E-state index in [2.05, 4.69) is 15.0 Å². The second kappa shape index (κ2) is 5.48. The van der Waals surface area contributed by atoms with E-state index >= 15 is 0 Å². The summed E-state index contributed by atoms with van der Waals surface area (Å²) in [6, 6.07) is 15.9. The van der Waals surface area contributed by atoms with E-state index in [1.165, 1.54) is 6.07 Å². The average molecular weight is 324 g/mol. The van der Waals surface area contributed by atoms with Crippen LogP contribution in [0.2, 0.25) is 5.02 Å². The Hall–Kier alpha value is -2.72. The minimum atomic E-state index is -0.275. The van der Waals surface area contributed by atoms with E-state index in [9.17, 15) is 4.39 Å². The molecule has 0 radical (unpaired) electrons. The molecule has 4 aromatic rings. The van der Waals surface area contributed by atoms with E-state index in [0.29, 0.717) is 27.6 Å². The number of pyridine rings is 1. The van der Waals surface area contributed by atoms with Crippen molar-refractivity contribution < 1.29 is 4.39 Å². The summed E-state index contributed by atoms with van der Waals surface area (Å²) in [7, 11) is 0. The number of hydrogen-bond acceptors (Lipinski definition) is 2. The van der Waals surface area contributed by atoms with Gasteiger partial charge in [-0.2, -0.15) is 0 Å². The third-order valence-corrected chi connectivity index (χ3v) is 3.86. The second-order valence-corrected chi connectivity index (χ2v) is 5.61. The Kier molecular flexibility index (Phi) is 3.32. The van der Waals surface area contributed by atoms with Gasteiger partial charge in [-0.3, -0.25) is 0 Å². The highest BCUT2D eigenvalue weighted by atomic mass is 35.5. The third-order valence-electron chi connectivity index (χ3n) is 3.62. The first-order chi connectivity index (χ1) is 11.2. The smallest absolute Gasteiger partial charge is 0.178 e. The standard InChI is InChI=1S/C18H11ClFN3/c19-13-5-3-4-11(8-13)17-22-16-9-12(10-21-18(16)23-17)14-6-1-2-7-15(14)20/h1-10H,(H,21,22,23). The molecule has 0 spiro atoms. The maximum absolute atomic E-state index is 13.9. The van der Waals surface area contributed by atoms with E-state index in [0.717, 1.165) is 11.1 Å². The molecule has 112 valence electrons. The number of halogens is 2. The molecule has 0 aliphatic carbocycles. The van der Waals surface area contributed by atoms with Crippen molar-refractivity contribution in [3.05, 3.63) is 71.6 Å². The molecule has 0 unspecified atom stereocenters. The zero-order chi connectivity index (χ0) is 15.8. The maximum Gasteiger partial charge on any atom is 0.178 e. The van der Waals surface area contributed by atoms with Gasteiger partial charge in [0.05, 0.1) is 5.52 Å². The summed E-state index contributed by atoms with van der Waals surface area (Å²) in [5, 5.41) is 0.642. The SMILES string of the molecule is Fc1ccccc1-c1cnc2nc(-c3cccc(Cl)c3)[nH]c2c1. The summed E-state index contributed by atoms with van der Waals surface area (Å²) in [4.78, 5) is 12.0. The summed E-state index contributed by atoms with van der Waals surface area (Å²) >= 11 is 6.02. The lowest BCUT2D eigenvalue weighted by Crippen LogP contribution is -1.85. The lowest BCUT2D eigenvalue weighted by molar-refractivity contribution is 0.631. The molecule has 0 saturated carbocycles. The largest absolute Gasteiger partial charge is 0.337 e. The Balaban J connectivity index is 1.83. The molecule has 1 N–H and O–H groups in total. The molecule has 0 fully saturated rings. The van der Waals surface area contributed by atoms with Crippen LogP contribution in [0.1, 0.15) is 0 Å². The molecule has 2 aromatic carbocycles. The fourth-order valence-corrected chi connectivity index (χ4v) is 2.71. The van der Waals surface area contributed by atoms with Crippen LogP contribution >= 0.6 is 11.6 Å². The zero-order valence-electron chi connectivity index (χ0n) is 11.9. The molecule has 0 aliphatic heterocycles. The molecule has 0 aliphatic rings. The van der Waals surface area contributed by atoms with Crippen LogP contribution < -0.4 is 0 Å². The molecule has 2 aromatic heterocycles. The minimum Gasteiger partial charge on any atom is -0.337 e. The van der Waals surface area contributed by atoms with Gasteiger partial charge in [-0.1, -0.05) is 41.9 Å². The molecular weight excluding hydrogens is 313 g/mol. The zero-order valence-corrected chi connectivity index (χ0v) is 12.7. The van der Waals surface area contributed by atoms with E-state index in [4.69, 9.17) is 11.6 Å². The Labute approximate surface area is 136 Å². The fourth-order valence-electron chi connectivity index (χ4n) is 2.52. The summed E-state index contributed by atoms with van der Waals surface area (Å²) in [5.74, 6) is 0.406. The quantitative estimate of drug-likeness (QED) is 0.558. The first-order valence-electron chi connectivity index (χ1n) is 7.07. The average Bonchev–Trinajstić information content (AvgIpc) is 2.98. The second-order valence-electron chi connectivity index (χ2n) is 5.17. The van der Waals surface area contributed by atoms with Crippen molar-refractivity contribution in [1.82, 2.24) is 15.0 Å². The number of benzene rings is 2. The monoisotopic (exact) mass is 323 g/mol. The molecule has 0 saturated heterocycles. The van der Waals surface area contributed by atoms with Crippen LogP contribution in [0, 0.1) is 5.82 Å². The van der Waals surface area contributed by atoms with Crippen LogP contribution in [0.3, 0.4) is 0 Å². The number of imidazole rings is 1. The minimum absolute atomic E-state index is 0.275. The highest BCUT2D eigenvalue weighted by Gasteiger charge is 2.10. The van der Waals surface area contributed by atoms with Gasteiger partial charge in [0.25, 0.3) is 0 Å². The highest BCUT2D eigenvalue weighted by molar-refractivity contribution is 6.30. The molecule has 4 rings (SSSR count). The van der Waals surface area contributed by atoms with E-state index in [1.807, 2.05) is 30.3 Å². The predicted octanol–water partition coefficient (Wildman–Crippen LogP) is 5.08. The lowest BCUT2D eigenvalue weighted by Gasteiger charge is -2.02. The summed E-state index contributed by atoms with van der Waals surface area (Å²) in [6.45, 7) is 0. The number of aromatic amines is 1. The van der Waals surface area contributed by atoms with Crippen LogP contribution in [-0.4, -0.2) is 15.0 Å². The molecule has 0 atom stereocenters.